The summed E-state index contributed by atoms with van der Waals surface area (Å²) < 4.78 is 20.6. The molecule has 1 atom stereocenters. The molecule has 0 saturated carbocycles. The molecule has 0 saturated heterocycles. The number of ether oxygens (including phenoxy) is 1. The summed E-state index contributed by atoms with van der Waals surface area (Å²) in [5.41, 5.74) is 4.17. The number of methoxy groups -OCH3 is 1. The van der Waals surface area contributed by atoms with E-state index >= 15 is 0 Å². The van der Waals surface area contributed by atoms with Gasteiger partial charge in [0.1, 0.15) is 18.2 Å². The molecule has 1 aromatic heterocycles. The average molecular weight is 525 g/mol. The molecule has 2 heterocycles. The fourth-order valence-corrected chi connectivity index (χ4v) is 5.75. The number of rotatable bonds is 7. The second-order valence-electron chi connectivity index (χ2n) is 10.1. The minimum atomic E-state index is -0.364. The lowest BCUT2D eigenvalue weighted by molar-refractivity contribution is -0.123. The summed E-state index contributed by atoms with van der Waals surface area (Å²) in [6.07, 6.45) is 0. The fraction of sp³-hybridized carbons (Fsp3) is 0.393. The Morgan fingerprint density at radius 1 is 1.19 bits per heavy atom. The first-order valence-electron chi connectivity index (χ1n) is 12.2. The number of nitrogens with zero attached hydrogens (tertiary/aromatic N) is 3. The van der Waals surface area contributed by atoms with Gasteiger partial charge in [-0.1, -0.05) is 45.0 Å². The van der Waals surface area contributed by atoms with Gasteiger partial charge in [-0.05, 0) is 42.3 Å². The third kappa shape index (κ3) is 5.72. The summed E-state index contributed by atoms with van der Waals surface area (Å²) in [6, 6.07) is 14.1. The largest absolute Gasteiger partial charge is 0.383 e. The molecule has 0 aliphatic carbocycles. The van der Waals surface area contributed by atoms with Crippen LogP contribution in [0.4, 0.5) is 10.2 Å². The molecule has 0 bridgehead atoms. The van der Waals surface area contributed by atoms with Crippen LogP contribution in [-0.4, -0.2) is 54.2 Å². The second kappa shape index (κ2) is 11.1. The maximum absolute atomic E-state index is 13.8. The topological polar surface area (TPSA) is 76.5 Å². The summed E-state index contributed by atoms with van der Waals surface area (Å²) in [5.74, 6) is -0.0993. The molecule has 0 radical (unpaired) electrons. The Morgan fingerprint density at radius 2 is 1.89 bits per heavy atom. The lowest BCUT2D eigenvalue weighted by atomic mass is 9.86. The summed E-state index contributed by atoms with van der Waals surface area (Å²) in [5, 5.41) is 7.65. The highest BCUT2D eigenvalue weighted by molar-refractivity contribution is 8.00. The molecule has 0 unspecified atom stereocenters. The second-order valence-corrected chi connectivity index (χ2v) is 11.2. The van der Waals surface area contributed by atoms with E-state index in [4.69, 9.17) is 9.84 Å². The first-order chi connectivity index (χ1) is 17.6. The Hall–Kier alpha value is -3.17. The zero-order chi connectivity index (χ0) is 26.7. The zero-order valence-electron chi connectivity index (χ0n) is 21.9. The smallest absolute Gasteiger partial charge is 0.240 e. The molecule has 0 fully saturated rings. The Balaban J connectivity index is 1.96. The van der Waals surface area contributed by atoms with Crippen LogP contribution in [0.2, 0.25) is 0 Å². The third-order valence-electron chi connectivity index (χ3n) is 6.27. The van der Waals surface area contributed by atoms with E-state index in [2.05, 4.69) is 45.1 Å². The molecule has 0 spiro atoms. The van der Waals surface area contributed by atoms with Crippen molar-refractivity contribution in [2.75, 3.05) is 37.5 Å². The Kier molecular flexibility index (Phi) is 8.04. The van der Waals surface area contributed by atoms with Crippen LogP contribution in [0, 0.1) is 12.7 Å². The van der Waals surface area contributed by atoms with E-state index in [-0.39, 0.29) is 40.6 Å². The zero-order valence-corrected chi connectivity index (χ0v) is 22.7. The van der Waals surface area contributed by atoms with E-state index in [1.165, 1.54) is 28.8 Å². The summed E-state index contributed by atoms with van der Waals surface area (Å²) in [6.45, 7) is 8.86. The predicted octanol–water partition coefficient (Wildman–Crippen LogP) is 4.55. The van der Waals surface area contributed by atoms with Crippen LogP contribution < -0.4 is 10.2 Å². The van der Waals surface area contributed by atoms with Gasteiger partial charge < -0.3 is 10.1 Å². The number of carbonyl (C=O) groups is 2. The molecular formula is C28H33FN4O3S. The van der Waals surface area contributed by atoms with Crippen molar-refractivity contribution in [1.29, 1.82) is 0 Å². The van der Waals surface area contributed by atoms with Gasteiger partial charge in [-0.25, -0.2) is 9.07 Å². The summed E-state index contributed by atoms with van der Waals surface area (Å²) in [7, 11) is 1.56. The quantitative estimate of drug-likeness (QED) is 0.459. The number of hydrogen-bond donors (Lipinski definition) is 1. The minimum absolute atomic E-state index is 0.160. The normalized spacial score (nSPS) is 15.9. The van der Waals surface area contributed by atoms with Gasteiger partial charge in [0.05, 0.1) is 29.0 Å². The predicted molar refractivity (Wildman–Crippen MR) is 145 cm³/mol. The number of benzene rings is 2. The first kappa shape index (κ1) is 26.9. The Bertz CT molecular complexity index is 1280. The lowest BCUT2D eigenvalue weighted by Crippen LogP contribution is -2.43. The number of aryl methyl sites for hydroxylation is 1. The first-order valence-corrected chi connectivity index (χ1v) is 13.3. The number of nitrogens with one attached hydrogen (secondary N) is 1. The number of aromatic nitrogens is 2. The van der Waals surface area contributed by atoms with Gasteiger partial charge in [-0.15, -0.1) is 11.8 Å². The fourth-order valence-electron chi connectivity index (χ4n) is 4.45. The number of carbonyl (C=O) groups excluding carboxylic acids is 2. The molecule has 3 aromatic rings. The van der Waals surface area contributed by atoms with Crippen molar-refractivity contribution in [2.24, 2.45) is 0 Å². The van der Waals surface area contributed by atoms with Gasteiger partial charge in [-0.2, -0.15) is 5.10 Å². The Labute approximate surface area is 221 Å². The molecule has 196 valence electrons. The SMILES string of the molecule is COCCNC(=O)CN1C(=O)CS[C@H](c2ccccc2C)c2c(C(C)(C)C)nn(-c3ccc(F)cc3)c21. The van der Waals surface area contributed by atoms with Crippen molar-refractivity contribution in [3.63, 3.8) is 0 Å². The van der Waals surface area contributed by atoms with E-state index < -0.39 is 0 Å². The third-order valence-corrected chi connectivity index (χ3v) is 7.51. The standard InChI is InChI=1S/C28H33FN4O3S/c1-18-8-6-7-9-21(18)25-24-26(28(2,3)4)31-33(20-12-10-19(29)11-13-20)27(24)32(23(35)17-37-25)16-22(34)30-14-15-36-5/h6-13,25H,14-17H2,1-5H3,(H,30,34)/t25-/m1/s1. The molecule has 2 aromatic carbocycles. The van der Waals surface area contributed by atoms with Gasteiger partial charge in [0, 0.05) is 24.6 Å². The maximum Gasteiger partial charge on any atom is 0.240 e. The van der Waals surface area contributed by atoms with Crippen molar-refractivity contribution in [2.45, 2.75) is 38.4 Å². The number of amides is 2. The van der Waals surface area contributed by atoms with Crippen LogP contribution in [0.15, 0.2) is 48.5 Å². The molecule has 1 aliphatic rings. The number of fused-ring (bicyclic) bond motifs is 1. The van der Waals surface area contributed by atoms with Crippen LogP contribution >= 0.6 is 11.8 Å². The van der Waals surface area contributed by atoms with Gasteiger partial charge in [-0.3, -0.25) is 14.5 Å². The maximum atomic E-state index is 13.8. The van der Waals surface area contributed by atoms with Crippen LogP contribution in [0.3, 0.4) is 0 Å². The van der Waals surface area contributed by atoms with Crippen LogP contribution in [0.25, 0.3) is 5.69 Å². The highest BCUT2D eigenvalue weighted by atomic mass is 32.2. The van der Waals surface area contributed by atoms with Crippen molar-refractivity contribution < 1.29 is 18.7 Å². The van der Waals surface area contributed by atoms with Crippen LogP contribution in [-0.2, 0) is 19.7 Å². The van der Waals surface area contributed by atoms with Crippen molar-refractivity contribution in [3.05, 3.63) is 76.7 Å². The van der Waals surface area contributed by atoms with Gasteiger partial charge >= 0.3 is 0 Å². The van der Waals surface area contributed by atoms with E-state index in [1.807, 2.05) is 12.1 Å². The molecule has 9 heteroatoms. The van der Waals surface area contributed by atoms with Gasteiger partial charge in [0.25, 0.3) is 0 Å². The molecule has 1 N–H and O–H groups in total. The van der Waals surface area contributed by atoms with Crippen LogP contribution in [0.5, 0.6) is 0 Å². The van der Waals surface area contributed by atoms with Crippen LogP contribution in [0.1, 0.15) is 48.4 Å². The molecule has 4 rings (SSSR count). The summed E-state index contributed by atoms with van der Waals surface area (Å²) >= 11 is 1.54. The van der Waals surface area contributed by atoms with Gasteiger partial charge in [0.15, 0.2) is 0 Å². The number of hydrogen-bond acceptors (Lipinski definition) is 5. The van der Waals surface area contributed by atoms with Crippen molar-refractivity contribution in [3.8, 4) is 5.69 Å². The molecule has 37 heavy (non-hydrogen) atoms. The molecule has 7 nitrogen and oxygen atoms in total. The summed E-state index contributed by atoms with van der Waals surface area (Å²) in [4.78, 5) is 28.0. The molecule has 1 aliphatic heterocycles. The van der Waals surface area contributed by atoms with Crippen molar-refractivity contribution in [1.82, 2.24) is 15.1 Å². The number of anilines is 1. The lowest BCUT2D eigenvalue weighted by Gasteiger charge is -2.25. The highest BCUT2D eigenvalue weighted by Crippen LogP contribution is 2.49. The average Bonchev–Trinajstić information content (AvgIpc) is 3.19. The van der Waals surface area contributed by atoms with E-state index in [0.29, 0.717) is 24.7 Å². The highest BCUT2D eigenvalue weighted by Gasteiger charge is 2.40. The van der Waals surface area contributed by atoms with Crippen molar-refractivity contribution >= 4 is 29.4 Å². The molecular weight excluding hydrogens is 491 g/mol. The van der Waals surface area contributed by atoms with E-state index in [9.17, 15) is 14.0 Å². The van der Waals surface area contributed by atoms with E-state index in [1.54, 1.807) is 23.9 Å². The Morgan fingerprint density at radius 3 is 2.54 bits per heavy atom. The van der Waals surface area contributed by atoms with E-state index in [0.717, 1.165) is 22.4 Å². The van der Waals surface area contributed by atoms with Gasteiger partial charge in [0.2, 0.25) is 11.8 Å². The minimum Gasteiger partial charge on any atom is -0.383 e. The molecule has 2 amide bonds. The monoisotopic (exact) mass is 524 g/mol. The number of thioether (sulfide) groups is 1. The number of halogens is 1.